The van der Waals surface area contributed by atoms with Gasteiger partial charge in [0.1, 0.15) is 6.33 Å². The van der Waals surface area contributed by atoms with Gasteiger partial charge in [0.25, 0.3) is 0 Å². The number of aromatic nitrogens is 2. The monoisotopic (exact) mass is 436 g/mol. The number of imidazole rings is 1. The highest BCUT2D eigenvalue weighted by Gasteiger charge is 2.20. The first-order chi connectivity index (χ1) is 15.6. The number of esters is 2. The molecular weight excluding hydrogens is 408 g/mol. The number of nitrogens with zero attached hydrogens (tertiary/aromatic N) is 4. The van der Waals surface area contributed by atoms with Gasteiger partial charge in [-0.3, -0.25) is 14.3 Å². The highest BCUT2D eigenvalue weighted by molar-refractivity contribution is 5.94. The quantitative estimate of drug-likeness (QED) is 0.527. The van der Waals surface area contributed by atoms with Crippen LogP contribution in [0.15, 0.2) is 48.8 Å². The minimum Gasteiger partial charge on any atom is -0.465 e. The Labute approximate surface area is 187 Å². The fourth-order valence-electron chi connectivity index (χ4n) is 3.95. The lowest BCUT2D eigenvalue weighted by atomic mass is 10.2. The highest BCUT2D eigenvalue weighted by atomic mass is 16.5. The molecule has 0 aliphatic carbocycles. The normalized spacial score (nSPS) is 14.5. The van der Waals surface area contributed by atoms with E-state index in [1.165, 1.54) is 0 Å². The maximum Gasteiger partial charge on any atom is 0.338 e. The first-order valence-corrected chi connectivity index (χ1v) is 11.0. The lowest BCUT2D eigenvalue weighted by Crippen LogP contribution is -2.48. The molecule has 2 heterocycles. The largest absolute Gasteiger partial charge is 0.465 e. The van der Waals surface area contributed by atoms with Gasteiger partial charge in [-0.2, -0.15) is 0 Å². The number of piperazine rings is 1. The van der Waals surface area contributed by atoms with Gasteiger partial charge in [-0.1, -0.05) is 6.07 Å². The average molecular weight is 437 g/mol. The fraction of sp³-hybridized carbons (Fsp3) is 0.375. The van der Waals surface area contributed by atoms with E-state index in [9.17, 15) is 9.59 Å². The highest BCUT2D eigenvalue weighted by Crippen LogP contribution is 2.24. The number of fused-ring (bicyclic) bond motifs is 1. The van der Waals surface area contributed by atoms with Crippen molar-refractivity contribution in [1.29, 1.82) is 0 Å². The van der Waals surface area contributed by atoms with Crippen LogP contribution in [0.2, 0.25) is 0 Å². The third kappa shape index (κ3) is 4.75. The SMILES string of the molecule is CCOC(=O)CN1CCN(c2cccc(-n3cnc4cc(C(=O)OCC)ccc43)c2)CC1. The Morgan fingerprint density at radius 1 is 0.938 bits per heavy atom. The second-order valence-corrected chi connectivity index (χ2v) is 7.63. The van der Waals surface area contributed by atoms with Crippen molar-refractivity contribution >= 4 is 28.7 Å². The van der Waals surface area contributed by atoms with Crippen molar-refractivity contribution in [1.82, 2.24) is 14.5 Å². The summed E-state index contributed by atoms with van der Waals surface area (Å²) in [5, 5.41) is 0. The smallest absolute Gasteiger partial charge is 0.338 e. The Bertz CT molecular complexity index is 1100. The molecule has 4 rings (SSSR count). The molecule has 3 aromatic rings. The molecule has 1 aliphatic rings. The molecule has 0 atom stereocenters. The van der Waals surface area contributed by atoms with Crippen LogP contribution in [-0.4, -0.2) is 72.3 Å². The zero-order valence-electron chi connectivity index (χ0n) is 18.5. The first-order valence-electron chi connectivity index (χ1n) is 11.0. The second-order valence-electron chi connectivity index (χ2n) is 7.63. The van der Waals surface area contributed by atoms with E-state index < -0.39 is 0 Å². The third-order valence-electron chi connectivity index (χ3n) is 5.56. The molecule has 0 amide bonds. The first kappa shape index (κ1) is 21.8. The minimum atomic E-state index is -0.340. The van der Waals surface area contributed by atoms with Gasteiger partial charge in [-0.25, -0.2) is 9.78 Å². The van der Waals surface area contributed by atoms with E-state index in [1.54, 1.807) is 25.4 Å². The number of anilines is 1. The summed E-state index contributed by atoms with van der Waals surface area (Å²) in [5.41, 5.74) is 4.30. The number of rotatable bonds is 7. The third-order valence-corrected chi connectivity index (χ3v) is 5.56. The van der Waals surface area contributed by atoms with Gasteiger partial charge in [0, 0.05) is 37.6 Å². The van der Waals surface area contributed by atoms with Gasteiger partial charge in [-0.05, 0) is 50.2 Å². The molecule has 1 fully saturated rings. The van der Waals surface area contributed by atoms with Gasteiger partial charge in [0.2, 0.25) is 0 Å². The number of carbonyl (C=O) groups excluding carboxylic acids is 2. The summed E-state index contributed by atoms with van der Waals surface area (Å²) in [7, 11) is 0. The van der Waals surface area contributed by atoms with Gasteiger partial charge < -0.3 is 14.4 Å². The Morgan fingerprint density at radius 2 is 1.69 bits per heavy atom. The summed E-state index contributed by atoms with van der Waals surface area (Å²) in [4.78, 5) is 32.7. The molecule has 0 unspecified atom stereocenters. The number of carbonyl (C=O) groups is 2. The summed E-state index contributed by atoms with van der Waals surface area (Å²) in [6.07, 6.45) is 1.77. The van der Waals surface area contributed by atoms with E-state index in [4.69, 9.17) is 9.47 Å². The predicted molar refractivity (Wildman–Crippen MR) is 122 cm³/mol. The molecule has 0 radical (unpaired) electrons. The molecule has 32 heavy (non-hydrogen) atoms. The fourth-order valence-corrected chi connectivity index (χ4v) is 3.95. The lowest BCUT2D eigenvalue weighted by molar-refractivity contribution is -0.144. The number of ether oxygens (including phenoxy) is 2. The van der Waals surface area contributed by atoms with Crippen LogP contribution < -0.4 is 4.90 Å². The predicted octanol–water partition coefficient (Wildman–Crippen LogP) is 2.89. The number of hydrogen-bond acceptors (Lipinski definition) is 7. The van der Waals surface area contributed by atoms with E-state index in [1.807, 2.05) is 29.7 Å². The standard InChI is InChI=1S/C24H28N4O4/c1-3-31-23(29)16-26-10-12-27(13-11-26)19-6-5-7-20(15-19)28-17-25-21-14-18(8-9-22(21)28)24(30)32-4-2/h5-9,14-15,17H,3-4,10-13,16H2,1-2H3. The van der Waals surface area contributed by atoms with Crippen LogP contribution in [0.5, 0.6) is 0 Å². The molecule has 0 N–H and O–H groups in total. The minimum absolute atomic E-state index is 0.166. The molecule has 0 spiro atoms. The molecule has 0 bridgehead atoms. The van der Waals surface area contributed by atoms with Crippen molar-refractivity contribution in [3.63, 3.8) is 0 Å². The van der Waals surface area contributed by atoms with Crippen LogP contribution >= 0.6 is 0 Å². The summed E-state index contributed by atoms with van der Waals surface area (Å²) < 4.78 is 12.2. The average Bonchev–Trinajstić information content (AvgIpc) is 3.23. The van der Waals surface area contributed by atoms with E-state index in [-0.39, 0.29) is 11.9 Å². The molecule has 1 aromatic heterocycles. The maximum atomic E-state index is 12.0. The summed E-state index contributed by atoms with van der Waals surface area (Å²) in [6.45, 7) is 8.03. The topological polar surface area (TPSA) is 76.9 Å². The van der Waals surface area contributed by atoms with Crippen molar-refractivity contribution in [2.24, 2.45) is 0 Å². The maximum absolute atomic E-state index is 12.0. The van der Waals surface area contributed by atoms with E-state index in [0.29, 0.717) is 25.3 Å². The van der Waals surface area contributed by atoms with E-state index in [0.717, 1.165) is 48.6 Å². The molecule has 8 nitrogen and oxygen atoms in total. The van der Waals surface area contributed by atoms with E-state index in [2.05, 4.69) is 26.9 Å². The van der Waals surface area contributed by atoms with Crippen LogP contribution in [0.4, 0.5) is 5.69 Å². The molecule has 1 aliphatic heterocycles. The zero-order valence-corrected chi connectivity index (χ0v) is 18.5. The summed E-state index contributed by atoms with van der Waals surface area (Å²) in [5.74, 6) is -0.505. The van der Waals surface area contributed by atoms with Crippen molar-refractivity contribution < 1.29 is 19.1 Å². The molecular formula is C24H28N4O4. The molecule has 1 saturated heterocycles. The van der Waals surface area contributed by atoms with Crippen LogP contribution in [0, 0.1) is 0 Å². The van der Waals surface area contributed by atoms with Gasteiger partial charge >= 0.3 is 11.9 Å². The lowest BCUT2D eigenvalue weighted by Gasteiger charge is -2.35. The number of hydrogen-bond donors (Lipinski definition) is 0. The molecule has 168 valence electrons. The van der Waals surface area contributed by atoms with Gasteiger partial charge in [-0.15, -0.1) is 0 Å². The van der Waals surface area contributed by atoms with Crippen molar-refractivity contribution in [3.8, 4) is 5.69 Å². The molecule has 8 heteroatoms. The summed E-state index contributed by atoms with van der Waals surface area (Å²) >= 11 is 0. The Hall–Kier alpha value is -3.39. The Kier molecular flexibility index (Phi) is 6.70. The second kappa shape index (κ2) is 9.82. The van der Waals surface area contributed by atoms with Crippen LogP contribution in [0.25, 0.3) is 16.7 Å². The van der Waals surface area contributed by atoms with Crippen LogP contribution in [-0.2, 0) is 14.3 Å². The van der Waals surface area contributed by atoms with E-state index >= 15 is 0 Å². The van der Waals surface area contributed by atoms with Crippen molar-refractivity contribution in [2.75, 3.05) is 50.8 Å². The molecule has 2 aromatic carbocycles. The van der Waals surface area contributed by atoms with Crippen LogP contribution in [0.1, 0.15) is 24.2 Å². The summed E-state index contributed by atoms with van der Waals surface area (Å²) in [6, 6.07) is 13.7. The van der Waals surface area contributed by atoms with Gasteiger partial charge in [0.05, 0.1) is 36.4 Å². The van der Waals surface area contributed by atoms with Crippen molar-refractivity contribution in [2.45, 2.75) is 13.8 Å². The van der Waals surface area contributed by atoms with Crippen LogP contribution in [0.3, 0.4) is 0 Å². The zero-order chi connectivity index (χ0) is 22.5. The molecule has 0 saturated carbocycles. The van der Waals surface area contributed by atoms with Crippen molar-refractivity contribution in [3.05, 3.63) is 54.4 Å². The Balaban J connectivity index is 1.48. The number of benzene rings is 2. The Morgan fingerprint density at radius 3 is 2.44 bits per heavy atom. The van der Waals surface area contributed by atoms with Gasteiger partial charge in [0.15, 0.2) is 0 Å².